The van der Waals surface area contributed by atoms with Crippen LogP contribution in [0.1, 0.15) is 39.7 Å². The summed E-state index contributed by atoms with van der Waals surface area (Å²) >= 11 is 6.01. The molecule has 0 fully saturated rings. The molecule has 24 heavy (non-hydrogen) atoms. The molecule has 1 aromatic rings. The molecule has 0 bridgehead atoms. The first-order valence-corrected chi connectivity index (χ1v) is 8.30. The molecule has 0 radical (unpaired) electrons. The van der Waals surface area contributed by atoms with E-state index >= 15 is 0 Å². The zero-order valence-electron chi connectivity index (χ0n) is 14.9. The van der Waals surface area contributed by atoms with Crippen molar-refractivity contribution < 1.29 is 19.1 Å². The van der Waals surface area contributed by atoms with Crippen molar-refractivity contribution in [2.24, 2.45) is 5.92 Å². The van der Waals surface area contributed by atoms with Crippen LogP contribution < -0.4 is 5.32 Å². The number of esters is 1. The zero-order valence-corrected chi connectivity index (χ0v) is 15.6. The van der Waals surface area contributed by atoms with Crippen LogP contribution >= 0.6 is 11.6 Å². The number of carbonyl (C=O) groups is 2. The van der Waals surface area contributed by atoms with Gasteiger partial charge in [0.2, 0.25) is 0 Å². The molecular formula is C18H26ClNO4. The summed E-state index contributed by atoms with van der Waals surface area (Å²) in [6, 6.07) is 6.72. The number of carbonyl (C=O) groups excluding carboxylic acids is 2. The monoisotopic (exact) mass is 355 g/mol. The predicted octanol–water partition coefficient (Wildman–Crippen LogP) is 3.93. The molecule has 0 aliphatic carbocycles. The molecule has 1 atom stereocenters. The van der Waals surface area contributed by atoms with E-state index in [0.29, 0.717) is 11.4 Å². The Kier molecular flexibility index (Phi) is 7.55. The van der Waals surface area contributed by atoms with Gasteiger partial charge in [-0.25, -0.2) is 9.59 Å². The molecular weight excluding hydrogens is 330 g/mol. The largest absolute Gasteiger partial charge is 0.467 e. The molecule has 1 amide bonds. The van der Waals surface area contributed by atoms with Crippen molar-refractivity contribution in [1.29, 1.82) is 0 Å². The Morgan fingerprint density at radius 1 is 1.29 bits per heavy atom. The molecule has 1 rings (SSSR count). The number of hydrogen-bond donors (Lipinski definition) is 1. The lowest BCUT2D eigenvalue weighted by Crippen LogP contribution is -2.43. The highest BCUT2D eigenvalue weighted by atomic mass is 35.5. The van der Waals surface area contributed by atoms with Crippen LogP contribution in [0.5, 0.6) is 0 Å². The van der Waals surface area contributed by atoms with Crippen LogP contribution in [0.4, 0.5) is 4.79 Å². The fraction of sp³-hybridized carbons (Fsp3) is 0.556. The topological polar surface area (TPSA) is 64.6 Å². The first-order chi connectivity index (χ1) is 11.2. The van der Waals surface area contributed by atoms with E-state index in [1.807, 2.05) is 45.9 Å². The number of rotatable bonds is 7. The van der Waals surface area contributed by atoms with Crippen LogP contribution in [-0.2, 0) is 19.7 Å². The first kappa shape index (κ1) is 20.3. The number of nitrogens with one attached hydrogen (secondary N) is 1. The number of halogens is 1. The van der Waals surface area contributed by atoms with Crippen molar-refractivity contribution in [2.45, 2.75) is 45.6 Å². The highest BCUT2D eigenvalue weighted by Gasteiger charge is 2.26. The fourth-order valence-electron chi connectivity index (χ4n) is 2.25. The lowest BCUT2D eigenvalue weighted by atomic mass is 9.86. The van der Waals surface area contributed by atoms with Gasteiger partial charge in [-0.05, 0) is 30.0 Å². The van der Waals surface area contributed by atoms with Gasteiger partial charge < -0.3 is 14.8 Å². The van der Waals surface area contributed by atoms with Crippen LogP contribution in [0.3, 0.4) is 0 Å². The van der Waals surface area contributed by atoms with Crippen molar-refractivity contribution in [3.8, 4) is 0 Å². The molecule has 1 aromatic carbocycles. The van der Waals surface area contributed by atoms with E-state index < -0.39 is 23.5 Å². The fourth-order valence-corrected chi connectivity index (χ4v) is 2.44. The number of benzene rings is 1. The Bertz CT molecular complexity index is 572. The summed E-state index contributed by atoms with van der Waals surface area (Å²) in [7, 11) is 1.30. The van der Waals surface area contributed by atoms with Crippen LogP contribution in [0.15, 0.2) is 24.3 Å². The van der Waals surface area contributed by atoms with Gasteiger partial charge in [0.25, 0.3) is 0 Å². The van der Waals surface area contributed by atoms with Crippen LogP contribution in [0.25, 0.3) is 0 Å². The standard InChI is InChI=1S/C18H26ClNO4/c1-12(2)9-15(16(21)23-5)20-17(22)24-11-18(3,4)13-7-6-8-14(19)10-13/h6-8,10,12,15H,9,11H2,1-5H3,(H,20,22). The molecule has 0 spiro atoms. The molecule has 6 heteroatoms. The van der Waals surface area contributed by atoms with E-state index in [1.54, 1.807) is 6.07 Å². The summed E-state index contributed by atoms with van der Waals surface area (Å²) in [5, 5.41) is 3.20. The van der Waals surface area contributed by atoms with Crippen molar-refractivity contribution in [1.82, 2.24) is 5.32 Å². The van der Waals surface area contributed by atoms with Gasteiger partial charge in [-0.2, -0.15) is 0 Å². The third kappa shape index (κ3) is 6.40. The second-order valence-corrected chi connectivity index (χ2v) is 7.26. The molecule has 0 saturated carbocycles. The highest BCUT2D eigenvalue weighted by molar-refractivity contribution is 6.30. The lowest BCUT2D eigenvalue weighted by molar-refractivity contribution is -0.143. The van der Waals surface area contributed by atoms with Crippen molar-refractivity contribution in [2.75, 3.05) is 13.7 Å². The summed E-state index contributed by atoms with van der Waals surface area (Å²) in [6.07, 6.45) is -0.152. The van der Waals surface area contributed by atoms with Gasteiger partial charge in [0.1, 0.15) is 12.6 Å². The third-order valence-corrected chi connectivity index (χ3v) is 3.89. The van der Waals surface area contributed by atoms with Gasteiger partial charge in [0.05, 0.1) is 7.11 Å². The highest BCUT2D eigenvalue weighted by Crippen LogP contribution is 2.25. The van der Waals surface area contributed by atoms with E-state index in [4.69, 9.17) is 21.1 Å². The number of alkyl carbamates (subject to hydrolysis) is 1. The van der Waals surface area contributed by atoms with E-state index in [1.165, 1.54) is 7.11 Å². The molecule has 0 aliphatic heterocycles. The summed E-state index contributed by atoms with van der Waals surface area (Å²) in [6.45, 7) is 8.00. The number of hydrogen-bond acceptors (Lipinski definition) is 4. The Morgan fingerprint density at radius 3 is 2.50 bits per heavy atom. The minimum Gasteiger partial charge on any atom is -0.467 e. The molecule has 0 heterocycles. The second kappa shape index (κ2) is 8.92. The molecule has 5 nitrogen and oxygen atoms in total. The number of methoxy groups -OCH3 is 1. The lowest BCUT2D eigenvalue weighted by Gasteiger charge is -2.26. The normalized spacial score (nSPS) is 12.6. The van der Waals surface area contributed by atoms with E-state index in [0.717, 1.165) is 5.56 Å². The molecule has 0 saturated heterocycles. The second-order valence-electron chi connectivity index (χ2n) is 6.82. The van der Waals surface area contributed by atoms with E-state index in [9.17, 15) is 9.59 Å². The number of ether oxygens (including phenoxy) is 2. The molecule has 134 valence electrons. The van der Waals surface area contributed by atoms with Crippen molar-refractivity contribution in [3.63, 3.8) is 0 Å². The maximum atomic E-state index is 12.0. The van der Waals surface area contributed by atoms with Crippen LogP contribution in [-0.4, -0.2) is 31.8 Å². The molecule has 0 aromatic heterocycles. The number of amides is 1. The van der Waals surface area contributed by atoms with Crippen LogP contribution in [0, 0.1) is 5.92 Å². The molecule has 1 N–H and O–H groups in total. The van der Waals surface area contributed by atoms with Gasteiger partial charge in [-0.15, -0.1) is 0 Å². The molecule has 0 aliphatic rings. The summed E-state index contributed by atoms with van der Waals surface area (Å²) in [5.74, 6) is -0.243. The van der Waals surface area contributed by atoms with Gasteiger partial charge in [-0.1, -0.05) is 51.4 Å². The summed E-state index contributed by atoms with van der Waals surface area (Å²) in [4.78, 5) is 23.8. The Labute approximate surface area is 148 Å². The Hall–Kier alpha value is -1.75. The average molecular weight is 356 g/mol. The van der Waals surface area contributed by atoms with E-state index in [-0.39, 0.29) is 12.5 Å². The quantitative estimate of drug-likeness (QED) is 0.752. The van der Waals surface area contributed by atoms with Gasteiger partial charge in [0.15, 0.2) is 0 Å². The van der Waals surface area contributed by atoms with Crippen molar-refractivity contribution >= 4 is 23.7 Å². The zero-order chi connectivity index (χ0) is 18.3. The maximum absolute atomic E-state index is 12.0. The van der Waals surface area contributed by atoms with Gasteiger partial charge in [-0.3, -0.25) is 0 Å². The smallest absolute Gasteiger partial charge is 0.407 e. The SMILES string of the molecule is COC(=O)C(CC(C)C)NC(=O)OCC(C)(C)c1cccc(Cl)c1. The van der Waals surface area contributed by atoms with E-state index in [2.05, 4.69) is 5.32 Å². The summed E-state index contributed by atoms with van der Waals surface area (Å²) in [5.41, 5.74) is 0.565. The van der Waals surface area contributed by atoms with Gasteiger partial charge >= 0.3 is 12.1 Å². The summed E-state index contributed by atoms with van der Waals surface area (Å²) < 4.78 is 10.0. The first-order valence-electron chi connectivity index (χ1n) is 7.93. The predicted molar refractivity (Wildman–Crippen MR) is 94.2 cm³/mol. The Morgan fingerprint density at radius 2 is 1.96 bits per heavy atom. The minimum atomic E-state index is -0.711. The molecule has 1 unspecified atom stereocenters. The maximum Gasteiger partial charge on any atom is 0.407 e. The van der Waals surface area contributed by atoms with Crippen molar-refractivity contribution in [3.05, 3.63) is 34.9 Å². The Balaban J connectivity index is 2.64. The average Bonchev–Trinajstić information content (AvgIpc) is 2.51. The van der Waals surface area contributed by atoms with Crippen LogP contribution in [0.2, 0.25) is 5.02 Å². The third-order valence-electron chi connectivity index (χ3n) is 3.66. The van der Waals surface area contributed by atoms with Gasteiger partial charge in [0, 0.05) is 10.4 Å². The minimum absolute atomic E-state index is 0.161.